The van der Waals surface area contributed by atoms with Crippen LogP contribution in [0.4, 0.5) is 19.1 Å². The Morgan fingerprint density at radius 3 is 2.72 bits per heavy atom. The fraction of sp³-hybridized carbons (Fsp3) is 0.300. The van der Waals surface area contributed by atoms with Crippen LogP contribution in [-0.2, 0) is 12.7 Å². The third-order valence-electron chi connectivity index (χ3n) is 2.01. The summed E-state index contributed by atoms with van der Waals surface area (Å²) in [5.74, 6) is 0.853. The van der Waals surface area contributed by atoms with Crippen molar-refractivity contribution in [3.8, 4) is 0 Å². The van der Waals surface area contributed by atoms with Crippen LogP contribution in [-0.4, -0.2) is 15.0 Å². The van der Waals surface area contributed by atoms with E-state index in [0.29, 0.717) is 11.7 Å². The first-order valence-corrected chi connectivity index (χ1v) is 5.00. The van der Waals surface area contributed by atoms with Crippen molar-refractivity contribution in [1.29, 1.82) is 0 Å². The topological polar surface area (TPSA) is 63.8 Å². The highest BCUT2D eigenvalue weighted by molar-refractivity contribution is 5.26. The Labute approximate surface area is 100 Å². The van der Waals surface area contributed by atoms with Crippen molar-refractivity contribution in [2.45, 2.75) is 19.6 Å². The normalized spacial score (nSPS) is 11.6. The molecular formula is C10H9F3N4O. The quantitative estimate of drug-likeness (QED) is 0.915. The molecule has 0 spiro atoms. The maximum Gasteiger partial charge on any atom is 0.433 e. The summed E-state index contributed by atoms with van der Waals surface area (Å²) in [6.45, 7) is 1.84. The van der Waals surface area contributed by atoms with Gasteiger partial charge in [-0.1, -0.05) is 0 Å². The number of hydrogen-bond donors (Lipinski definition) is 1. The van der Waals surface area contributed by atoms with Gasteiger partial charge in [-0.2, -0.15) is 13.2 Å². The molecule has 0 saturated carbocycles. The molecule has 0 amide bonds. The molecule has 0 unspecified atom stereocenters. The Hall–Kier alpha value is -2.12. The number of halogens is 3. The SMILES string of the molecule is Cc1cnc(CNc2nccc(C(F)(F)F)n2)o1. The molecule has 2 aromatic heterocycles. The number of alkyl halides is 3. The van der Waals surface area contributed by atoms with Gasteiger partial charge in [0.25, 0.3) is 0 Å². The molecule has 0 bridgehead atoms. The smallest absolute Gasteiger partial charge is 0.433 e. The molecule has 18 heavy (non-hydrogen) atoms. The van der Waals surface area contributed by atoms with E-state index in [-0.39, 0.29) is 12.5 Å². The second kappa shape index (κ2) is 4.63. The lowest BCUT2D eigenvalue weighted by atomic mass is 10.4. The zero-order valence-electron chi connectivity index (χ0n) is 9.32. The summed E-state index contributed by atoms with van der Waals surface area (Å²) >= 11 is 0. The van der Waals surface area contributed by atoms with E-state index in [1.54, 1.807) is 6.92 Å². The zero-order valence-corrected chi connectivity index (χ0v) is 9.32. The van der Waals surface area contributed by atoms with Crippen molar-refractivity contribution < 1.29 is 17.6 Å². The van der Waals surface area contributed by atoms with Crippen LogP contribution >= 0.6 is 0 Å². The molecule has 0 fully saturated rings. The van der Waals surface area contributed by atoms with Gasteiger partial charge in [0.1, 0.15) is 11.5 Å². The van der Waals surface area contributed by atoms with Gasteiger partial charge in [-0.25, -0.2) is 15.0 Å². The first-order chi connectivity index (χ1) is 8.45. The molecule has 5 nitrogen and oxygen atoms in total. The Bertz CT molecular complexity index is 538. The summed E-state index contributed by atoms with van der Waals surface area (Å²) in [4.78, 5) is 10.9. The van der Waals surface area contributed by atoms with E-state index < -0.39 is 11.9 Å². The Kier molecular flexibility index (Phi) is 3.17. The number of aromatic nitrogens is 3. The maximum atomic E-state index is 12.4. The molecule has 2 aromatic rings. The Balaban J connectivity index is 2.06. The summed E-state index contributed by atoms with van der Waals surface area (Å²) < 4.78 is 42.3. The second-order valence-electron chi connectivity index (χ2n) is 3.48. The van der Waals surface area contributed by atoms with Crippen molar-refractivity contribution in [3.63, 3.8) is 0 Å². The molecule has 0 atom stereocenters. The maximum absolute atomic E-state index is 12.4. The lowest BCUT2D eigenvalue weighted by Crippen LogP contribution is -2.11. The van der Waals surface area contributed by atoms with E-state index in [4.69, 9.17) is 4.42 Å². The van der Waals surface area contributed by atoms with Crippen LogP contribution in [0.1, 0.15) is 17.3 Å². The summed E-state index contributed by atoms with van der Waals surface area (Å²) in [6.07, 6.45) is -1.93. The van der Waals surface area contributed by atoms with Crippen LogP contribution in [0.25, 0.3) is 0 Å². The van der Waals surface area contributed by atoms with E-state index in [1.165, 1.54) is 6.20 Å². The molecular weight excluding hydrogens is 249 g/mol. The van der Waals surface area contributed by atoms with Gasteiger partial charge in [-0.3, -0.25) is 0 Å². The molecule has 0 radical (unpaired) electrons. The van der Waals surface area contributed by atoms with Gasteiger partial charge in [-0.05, 0) is 13.0 Å². The van der Waals surface area contributed by atoms with Crippen LogP contribution in [0.5, 0.6) is 0 Å². The number of rotatable bonds is 3. The van der Waals surface area contributed by atoms with Gasteiger partial charge < -0.3 is 9.73 Å². The minimum Gasteiger partial charge on any atom is -0.444 e. The highest BCUT2D eigenvalue weighted by atomic mass is 19.4. The number of aryl methyl sites for hydroxylation is 1. The molecule has 1 N–H and O–H groups in total. The minimum atomic E-state index is -4.49. The monoisotopic (exact) mass is 258 g/mol. The average Bonchev–Trinajstić information content (AvgIpc) is 2.72. The van der Waals surface area contributed by atoms with Crippen LogP contribution < -0.4 is 5.32 Å². The summed E-state index contributed by atoms with van der Waals surface area (Å²) in [6, 6.07) is 0.806. The predicted octanol–water partition coefficient (Wildman–Crippen LogP) is 2.40. The van der Waals surface area contributed by atoms with Gasteiger partial charge in [0.05, 0.1) is 12.7 Å². The van der Waals surface area contributed by atoms with Gasteiger partial charge >= 0.3 is 6.18 Å². The standard InChI is InChI=1S/C10H9F3N4O/c1-6-4-15-8(18-6)5-16-9-14-3-2-7(17-9)10(11,12)13/h2-4H,5H2,1H3,(H,14,16,17). The molecule has 0 aromatic carbocycles. The first kappa shape index (κ1) is 12.3. The van der Waals surface area contributed by atoms with Crippen LogP contribution in [0.2, 0.25) is 0 Å². The molecule has 8 heteroatoms. The Morgan fingerprint density at radius 1 is 1.33 bits per heavy atom. The molecule has 2 rings (SSSR count). The predicted molar refractivity (Wildman–Crippen MR) is 55.6 cm³/mol. The highest BCUT2D eigenvalue weighted by Gasteiger charge is 2.32. The van der Waals surface area contributed by atoms with E-state index in [0.717, 1.165) is 12.3 Å². The first-order valence-electron chi connectivity index (χ1n) is 5.00. The lowest BCUT2D eigenvalue weighted by molar-refractivity contribution is -0.141. The van der Waals surface area contributed by atoms with Crippen LogP contribution in [0, 0.1) is 6.92 Å². The van der Waals surface area contributed by atoms with Gasteiger partial charge in [0.2, 0.25) is 11.8 Å². The van der Waals surface area contributed by atoms with E-state index in [2.05, 4.69) is 20.3 Å². The van der Waals surface area contributed by atoms with Crippen LogP contribution in [0.15, 0.2) is 22.9 Å². The van der Waals surface area contributed by atoms with E-state index >= 15 is 0 Å². The number of oxazole rings is 1. The summed E-state index contributed by atoms with van der Waals surface area (Å²) in [7, 11) is 0. The van der Waals surface area contributed by atoms with E-state index in [1.807, 2.05) is 0 Å². The second-order valence-corrected chi connectivity index (χ2v) is 3.48. The van der Waals surface area contributed by atoms with Crippen molar-refractivity contribution in [2.24, 2.45) is 0 Å². The Morgan fingerprint density at radius 2 is 2.11 bits per heavy atom. The average molecular weight is 258 g/mol. The van der Waals surface area contributed by atoms with Gasteiger partial charge in [-0.15, -0.1) is 0 Å². The largest absolute Gasteiger partial charge is 0.444 e. The third kappa shape index (κ3) is 2.96. The molecule has 0 saturated heterocycles. The van der Waals surface area contributed by atoms with Crippen molar-refractivity contribution >= 4 is 5.95 Å². The number of nitrogens with zero attached hydrogens (tertiary/aromatic N) is 3. The number of anilines is 1. The molecule has 0 aliphatic rings. The lowest BCUT2D eigenvalue weighted by Gasteiger charge is -2.07. The number of hydrogen-bond acceptors (Lipinski definition) is 5. The fourth-order valence-electron chi connectivity index (χ4n) is 1.24. The van der Waals surface area contributed by atoms with Crippen LogP contribution in [0.3, 0.4) is 0 Å². The highest BCUT2D eigenvalue weighted by Crippen LogP contribution is 2.27. The minimum absolute atomic E-state index is 0.120. The van der Waals surface area contributed by atoms with Crippen molar-refractivity contribution in [3.05, 3.63) is 35.8 Å². The fourth-order valence-corrected chi connectivity index (χ4v) is 1.24. The summed E-state index contributed by atoms with van der Waals surface area (Å²) in [5, 5.41) is 2.61. The zero-order chi connectivity index (χ0) is 13.2. The van der Waals surface area contributed by atoms with Gasteiger partial charge in [0.15, 0.2) is 0 Å². The summed E-state index contributed by atoms with van der Waals surface area (Å²) in [5.41, 5.74) is -0.997. The van der Waals surface area contributed by atoms with Gasteiger partial charge in [0, 0.05) is 6.20 Å². The number of nitrogens with one attached hydrogen (secondary N) is 1. The third-order valence-corrected chi connectivity index (χ3v) is 2.01. The molecule has 96 valence electrons. The van der Waals surface area contributed by atoms with E-state index in [9.17, 15) is 13.2 Å². The molecule has 2 heterocycles. The van der Waals surface area contributed by atoms with Crippen molar-refractivity contribution in [1.82, 2.24) is 15.0 Å². The molecule has 0 aliphatic heterocycles. The van der Waals surface area contributed by atoms with Crippen molar-refractivity contribution in [2.75, 3.05) is 5.32 Å². The molecule has 0 aliphatic carbocycles.